The minimum atomic E-state index is 0.00831. The number of carbonyl (C=O) groups excluding carboxylic acids is 3. The number of rotatable bonds is 5. The van der Waals surface area contributed by atoms with Gasteiger partial charge in [-0.05, 0) is 87.4 Å². The lowest BCUT2D eigenvalue weighted by molar-refractivity contribution is -0.159. The smallest absolute Gasteiger partial charge is 0.241 e. The average molecular weight is 446 g/mol. The zero-order chi connectivity index (χ0) is 23.3. The van der Waals surface area contributed by atoms with Crippen molar-refractivity contribution in [1.29, 1.82) is 0 Å². The molecule has 0 radical (unpaired) electrons. The van der Waals surface area contributed by atoms with Gasteiger partial charge in [0.25, 0.3) is 0 Å². The molecule has 0 aromatic carbocycles. The monoisotopic (exact) mass is 445 g/mol. The van der Waals surface area contributed by atoms with Crippen LogP contribution < -0.4 is 5.32 Å². The van der Waals surface area contributed by atoms with Gasteiger partial charge in [-0.25, -0.2) is 0 Å². The first-order valence-electron chi connectivity index (χ1n) is 13.0. The number of nitrogens with one attached hydrogen (secondary N) is 1. The average Bonchev–Trinajstić information content (AvgIpc) is 3.13. The zero-order valence-corrected chi connectivity index (χ0v) is 20.8. The fourth-order valence-corrected chi connectivity index (χ4v) is 8.56. The van der Waals surface area contributed by atoms with Crippen LogP contribution in [0.2, 0.25) is 0 Å². The molecule has 6 nitrogen and oxygen atoms in total. The Morgan fingerprint density at radius 1 is 1.00 bits per heavy atom. The molecule has 0 aromatic rings. The summed E-state index contributed by atoms with van der Waals surface area (Å²) in [6.45, 7) is 10.2. The molecule has 4 fully saturated rings. The fraction of sp³-hybridized carbons (Fsp3) is 0.885. The summed E-state index contributed by atoms with van der Waals surface area (Å²) in [6.07, 6.45) is 8.28. The second kappa shape index (κ2) is 8.64. The van der Waals surface area contributed by atoms with Crippen molar-refractivity contribution in [3.63, 3.8) is 0 Å². The highest BCUT2D eigenvalue weighted by Gasteiger charge is 2.62. The molecule has 1 unspecified atom stereocenters. The van der Waals surface area contributed by atoms with Crippen LogP contribution in [0.1, 0.15) is 79.1 Å². The molecular weight excluding hydrogens is 402 g/mol. The van der Waals surface area contributed by atoms with E-state index in [2.05, 4.69) is 19.2 Å². The number of fused-ring (bicyclic) bond motifs is 5. The van der Waals surface area contributed by atoms with E-state index >= 15 is 0 Å². The van der Waals surface area contributed by atoms with Gasteiger partial charge >= 0.3 is 0 Å². The molecule has 6 heteroatoms. The van der Waals surface area contributed by atoms with Crippen molar-refractivity contribution in [3.8, 4) is 0 Å². The SMILES string of the molecule is CCN(CC)C(=O)CNC(=O)[C@H]1CC[C@H]2[C@@H]3CCC4N(C)C(=O)CC[C@]4(C)[C@H]3CC[C@]12C. The quantitative estimate of drug-likeness (QED) is 0.705. The zero-order valence-electron chi connectivity index (χ0n) is 20.8. The maximum absolute atomic E-state index is 13.2. The van der Waals surface area contributed by atoms with Crippen LogP contribution >= 0.6 is 0 Å². The second-order valence-corrected chi connectivity index (χ2v) is 11.4. The van der Waals surface area contributed by atoms with Crippen molar-refractivity contribution in [1.82, 2.24) is 15.1 Å². The van der Waals surface area contributed by atoms with Gasteiger partial charge in [0.1, 0.15) is 0 Å². The van der Waals surface area contributed by atoms with Crippen LogP contribution in [-0.2, 0) is 14.4 Å². The molecule has 7 atom stereocenters. The first-order valence-corrected chi connectivity index (χ1v) is 13.0. The Bertz CT molecular complexity index is 765. The van der Waals surface area contributed by atoms with Crippen LogP contribution in [0.25, 0.3) is 0 Å². The molecule has 3 aliphatic carbocycles. The summed E-state index contributed by atoms with van der Waals surface area (Å²) < 4.78 is 0. The Labute approximate surface area is 193 Å². The van der Waals surface area contributed by atoms with Crippen molar-refractivity contribution in [2.24, 2.45) is 34.5 Å². The highest BCUT2D eigenvalue weighted by Crippen LogP contribution is 2.66. The summed E-state index contributed by atoms with van der Waals surface area (Å²) in [5.41, 5.74) is 0.243. The van der Waals surface area contributed by atoms with Crippen molar-refractivity contribution >= 4 is 17.7 Å². The van der Waals surface area contributed by atoms with Crippen molar-refractivity contribution in [3.05, 3.63) is 0 Å². The molecule has 3 amide bonds. The highest BCUT2D eigenvalue weighted by molar-refractivity contribution is 5.86. The second-order valence-electron chi connectivity index (χ2n) is 11.4. The van der Waals surface area contributed by atoms with E-state index in [1.807, 2.05) is 25.8 Å². The first-order chi connectivity index (χ1) is 15.2. The summed E-state index contributed by atoms with van der Waals surface area (Å²) in [7, 11) is 2.01. The summed E-state index contributed by atoms with van der Waals surface area (Å²) in [5, 5.41) is 2.99. The molecule has 180 valence electrons. The van der Waals surface area contributed by atoms with Crippen molar-refractivity contribution in [2.45, 2.75) is 85.1 Å². The van der Waals surface area contributed by atoms with Crippen LogP contribution in [-0.4, -0.2) is 60.2 Å². The van der Waals surface area contributed by atoms with E-state index in [0.29, 0.717) is 49.2 Å². The minimum Gasteiger partial charge on any atom is -0.347 e. The number of likely N-dealkylation sites (tertiary alicyclic amines) is 1. The fourth-order valence-electron chi connectivity index (χ4n) is 8.56. The molecule has 0 spiro atoms. The molecule has 1 N–H and O–H groups in total. The lowest BCUT2D eigenvalue weighted by Crippen LogP contribution is -2.61. The van der Waals surface area contributed by atoms with E-state index in [0.717, 1.165) is 38.5 Å². The molecule has 32 heavy (non-hydrogen) atoms. The highest BCUT2D eigenvalue weighted by atomic mass is 16.2. The third-order valence-electron chi connectivity index (χ3n) is 10.4. The first kappa shape index (κ1) is 23.6. The normalized spacial score (nSPS) is 40.8. The lowest BCUT2D eigenvalue weighted by atomic mass is 9.47. The molecule has 0 aromatic heterocycles. The van der Waals surface area contributed by atoms with E-state index in [1.165, 1.54) is 6.42 Å². The number of hydrogen-bond acceptors (Lipinski definition) is 3. The van der Waals surface area contributed by atoms with Crippen molar-refractivity contribution in [2.75, 3.05) is 26.7 Å². The number of likely N-dealkylation sites (N-methyl/N-ethyl adjacent to an activating group) is 1. The summed E-state index contributed by atoms with van der Waals surface area (Å²) in [4.78, 5) is 41.8. The predicted molar refractivity (Wildman–Crippen MR) is 125 cm³/mol. The van der Waals surface area contributed by atoms with Gasteiger partial charge < -0.3 is 15.1 Å². The van der Waals surface area contributed by atoms with Crippen LogP contribution in [0.3, 0.4) is 0 Å². The summed E-state index contributed by atoms with van der Waals surface area (Å²) in [5.74, 6) is 2.30. The van der Waals surface area contributed by atoms with E-state index in [4.69, 9.17) is 0 Å². The van der Waals surface area contributed by atoms with Gasteiger partial charge in [-0.2, -0.15) is 0 Å². The van der Waals surface area contributed by atoms with Gasteiger partial charge in [0.2, 0.25) is 17.7 Å². The molecule has 4 rings (SSSR count). The van der Waals surface area contributed by atoms with Gasteiger partial charge in [-0.15, -0.1) is 0 Å². The lowest BCUT2D eigenvalue weighted by Gasteiger charge is -2.61. The van der Waals surface area contributed by atoms with Crippen LogP contribution in [0.5, 0.6) is 0 Å². The van der Waals surface area contributed by atoms with E-state index in [-0.39, 0.29) is 35.1 Å². The summed E-state index contributed by atoms with van der Waals surface area (Å²) in [6, 6.07) is 0.376. The van der Waals surface area contributed by atoms with Crippen LogP contribution in [0.15, 0.2) is 0 Å². The topological polar surface area (TPSA) is 69.7 Å². The Hall–Kier alpha value is -1.59. The third-order valence-corrected chi connectivity index (χ3v) is 10.4. The number of piperidine rings is 1. The van der Waals surface area contributed by atoms with Crippen LogP contribution in [0.4, 0.5) is 0 Å². The minimum absolute atomic E-state index is 0.00831. The van der Waals surface area contributed by atoms with E-state index in [1.54, 1.807) is 4.90 Å². The predicted octanol–water partition coefficient (Wildman–Crippen LogP) is 3.45. The molecule has 4 aliphatic rings. The van der Waals surface area contributed by atoms with Crippen LogP contribution in [0, 0.1) is 34.5 Å². The van der Waals surface area contributed by atoms with Crippen molar-refractivity contribution < 1.29 is 14.4 Å². The van der Waals surface area contributed by atoms with E-state index in [9.17, 15) is 14.4 Å². The largest absolute Gasteiger partial charge is 0.347 e. The molecular formula is C26H43N3O3. The molecule has 1 aliphatic heterocycles. The number of hydrogen-bond donors (Lipinski definition) is 1. The molecule has 1 saturated heterocycles. The van der Waals surface area contributed by atoms with Gasteiger partial charge in [0, 0.05) is 38.5 Å². The maximum atomic E-state index is 13.2. The molecule has 1 heterocycles. The number of nitrogens with zero attached hydrogens (tertiary/aromatic N) is 2. The molecule has 0 bridgehead atoms. The Morgan fingerprint density at radius 3 is 2.38 bits per heavy atom. The summed E-state index contributed by atoms with van der Waals surface area (Å²) >= 11 is 0. The van der Waals surface area contributed by atoms with Gasteiger partial charge in [-0.1, -0.05) is 13.8 Å². The third kappa shape index (κ3) is 3.56. The standard InChI is InChI=1S/C26H43N3O3/c1-6-29(7-2)23(31)16-27-24(32)20-10-9-18-17-8-11-21-26(4,15-13-22(30)28(21)5)19(17)12-14-25(18,20)3/h17-21H,6-16H2,1-5H3,(H,27,32)/t17-,18-,19-,20+,21?,25-,26+/m0/s1. The maximum Gasteiger partial charge on any atom is 0.241 e. The van der Waals surface area contributed by atoms with Gasteiger partial charge in [0.15, 0.2) is 0 Å². The Balaban J connectivity index is 1.45. The van der Waals surface area contributed by atoms with Gasteiger partial charge in [-0.3, -0.25) is 14.4 Å². The number of carbonyl (C=O) groups is 3. The van der Waals surface area contributed by atoms with Gasteiger partial charge in [0.05, 0.1) is 6.54 Å². The van der Waals surface area contributed by atoms with E-state index < -0.39 is 0 Å². The Morgan fingerprint density at radius 2 is 1.69 bits per heavy atom. The molecule has 3 saturated carbocycles. The Kier molecular flexibility index (Phi) is 6.36. The number of amides is 3.